The molecule has 3 N–H and O–H groups in total. The summed E-state index contributed by atoms with van der Waals surface area (Å²) in [5, 5.41) is 3.38. The van der Waals surface area contributed by atoms with Gasteiger partial charge in [0.1, 0.15) is 0 Å². The van der Waals surface area contributed by atoms with Crippen LogP contribution in [0.2, 0.25) is 0 Å². The third-order valence-corrected chi connectivity index (χ3v) is 3.91. The second-order valence-electron chi connectivity index (χ2n) is 5.57. The molecule has 0 fully saturated rings. The summed E-state index contributed by atoms with van der Waals surface area (Å²) in [4.78, 5) is 11.8. The molecule has 0 saturated carbocycles. The molecule has 6 heteroatoms. The van der Waals surface area contributed by atoms with Crippen molar-refractivity contribution in [1.82, 2.24) is 5.32 Å². The van der Waals surface area contributed by atoms with Gasteiger partial charge in [-0.1, -0.05) is 18.2 Å². The Morgan fingerprint density at radius 3 is 2.48 bits per heavy atom. The van der Waals surface area contributed by atoms with Gasteiger partial charge in [0.15, 0.2) is 11.5 Å². The van der Waals surface area contributed by atoms with Crippen molar-refractivity contribution in [2.24, 2.45) is 0 Å². The van der Waals surface area contributed by atoms with Crippen molar-refractivity contribution in [3.8, 4) is 11.5 Å². The number of nitrogen functional groups attached to an aromatic ring is 1. The minimum atomic E-state index is -0.292. The normalized spacial score (nSPS) is 11.6. The molecule has 0 bridgehead atoms. The molecule has 25 heavy (non-hydrogen) atoms. The van der Waals surface area contributed by atoms with E-state index >= 15 is 0 Å². The van der Waals surface area contributed by atoms with Crippen molar-refractivity contribution in [2.75, 3.05) is 27.1 Å². The fourth-order valence-corrected chi connectivity index (χ4v) is 2.57. The van der Waals surface area contributed by atoms with Gasteiger partial charge in [-0.15, -0.1) is 0 Å². The first-order valence-electron chi connectivity index (χ1n) is 7.94. The smallest absolute Gasteiger partial charge is 0.307 e. The summed E-state index contributed by atoms with van der Waals surface area (Å²) in [5.74, 6) is 0.958. The van der Waals surface area contributed by atoms with Crippen molar-refractivity contribution in [3.63, 3.8) is 0 Å². The molecule has 0 spiro atoms. The fraction of sp³-hybridized carbons (Fsp3) is 0.316. The van der Waals surface area contributed by atoms with Gasteiger partial charge in [-0.05, 0) is 35.4 Å². The number of esters is 1. The zero-order valence-electron chi connectivity index (χ0n) is 14.7. The van der Waals surface area contributed by atoms with Gasteiger partial charge in [0.2, 0.25) is 0 Å². The molecule has 0 aromatic heterocycles. The van der Waals surface area contributed by atoms with Gasteiger partial charge in [0.05, 0.1) is 27.8 Å². The van der Waals surface area contributed by atoms with Gasteiger partial charge in [0, 0.05) is 18.3 Å². The first kappa shape index (κ1) is 18.6. The van der Waals surface area contributed by atoms with Crippen LogP contribution < -0.4 is 20.5 Å². The van der Waals surface area contributed by atoms with E-state index in [0.29, 0.717) is 23.7 Å². The van der Waals surface area contributed by atoms with E-state index in [-0.39, 0.29) is 18.4 Å². The maximum atomic E-state index is 11.8. The lowest BCUT2D eigenvalue weighted by Gasteiger charge is -2.20. The predicted molar refractivity (Wildman–Crippen MR) is 96.6 cm³/mol. The third kappa shape index (κ3) is 5.12. The number of carbonyl (C=O) groups is 1. The van der Waals surface area contributed by atoms with Crippen LogP contribution in [0.1, 0.15) is 23.6 Å². The minimum absolute atomic E-state index is 0.203. The Morgan fingerprint density at radius 2 is 1.84 bits per heavy atom. The third-order valence-electron chi connectivity index (χ3n) is 3.91. The molecular formula is C19H24N2O4. The molecule has 0 amide bonds. The lowest BCUT2D eigenvalue weighted by molar-refractivity contribution is -0.141. The van der Waals surface area contributed by atoms with Crippen LogP contribution in [0.3, 0.4) is 0 Å². The Balaban J connectivity index is 2.21. The fourth-order valence-electron chi connectivity index (χ4n) is 2.57. The summed E-state index contributed by atoms with van der Waals surface area (Å²) >= 11 is 0. The maximum Gasteiger partial charge on any atom is 0.307 e. The SMILES string of the molecule is COC(=O)CC(NCc1cccc(N)c1)c1ccc(OC)c(OC)c1. The van der Waals surface area contributed by atoms with Crippen LogP contribution in [0.25, 0.3) is 0 Å². The van der Waals surface area contributed by atoms with E-state index in [1.54, 1.807) is 14.2 Å². The number of benzene rings is 2. The number of ether oxygens (including phenoxy) is 3. The molecule has 0 aliphatic rings. The van der Waals surface area contributed by atoms with E-state index in [0.717, 1.165) is 11.1 Å². The average Bonchev–Trinajstić information content (AvgIpc) is 2.64. The number of anilines is 1. The molecule has 6 nitrogen and oxygen atoms in total. The number of nitrogens with two attached hydrogens (primary N) is 1. The van der Waals surface area contributed by atoms with Crippen LogP contribution in [0.4, 0.5) is 5.69 Å². The molecular weight excluding hydrogens is 320 g/mol. The van der Waals surface area contributed by atoms with E-state index in [1.807, 2.05) is 42.5 Å². The van der Waals surface area contributed by atoms with Gasteiger partial charge in [-0.25, -0.2) is 0 Å². The van der Waals surface area contributed by atoms with Gasteiger partial charge in [0.25, 0.3) is 0 Å². The summed E-state index contributed by atoms with van der Waals surface area (Å²) in [7, 11) is 4.55. The molecule has 0 heterocycles. The van der Waals surface area contributed by atoms with Crippen molar-refractivity contribution >= 4 is 11.7 Å². The number of nitrogens with one attached hydrogen (secondary N) is 1. The number of hydrogen-bond acceptors (Lipinski definition) is 6. The highest BCUT2D eigenvalue weighted by molar-refractivity contribution is 5.70. The quantitative estimate of drug-likeness (QED) is 0.566. The molecule has 0 aliphatic carbocycles. The molecule has 2 aromatic rings. The van der Waals surface area contributed by atoms with Gasteiger partial charge < -0.3 is 25.3 Å². The van der Waals surface area contributed by atoms with Crippen molar-refractivity contribution in [2.45, 2.75) is 19.0 Å². The summed E-state index contributed by atoms with van der Waals surface area (Å²) < 4.78 is 15.4. The molecule has 134 valence electrons. The summed E-state index contributed by atoms with van der Waals surface area (Å²) in [6.07, 6.45) is 0.203. The Morgan fingerprint density at radius 1 is 1.08 bits per heavy atom. The highest BCUT2D eigenvalue weighted by atomic mass is 16.5. The summed E-state index contributed by atoms with van der Waals surface area (Å²) in [5.41, 5.74) is 8.47. The number of methoxy groups -OCH3 is 3. The van der Waals surface area contributed by atoms with Crippen LogP contribution in [-0.4, -0.2) is 27.3 Å². The van der Waals surface area contributed by atoms with Gasteiger partial charge >= 0.3 is 5.97 Å². The largest absolute Gasteiger partial charge is 0.493 e. The Hall–Kier alpha value is -2.73. The lowest BCUT2D eigenvalue weighted by Crippen LogP contribution is -2.24. The monoisotopic (exact) mass is 344 g/mol. The van der Waals surface area contributed by atoms with Crippen LogP contribution >= 0.6 is 0 Å². The van der Waals surface area contributed by atoms with Crippen molar-refractivity contribution in [3.05, 3.63) is 53.6 Å². The highest BCUT2D eigenvalue weighted by Gasteiger charge is 2.18. The van der Waals surface area contributed by atoms with Crippen LogP contribution in [-0.2, 0) is 16.1 Å². The zero-order valence-corrected chi connectivity index (χ0v) is 14.7. The first-order valence-corrected chi connectivity index (χ1v) is 7.94. The topological polar surface area (TPSA) is 82.8 Å². The van der Waals surface area contributed by atoms with Crippen molar-refractivity contribution < 1.29 is 19.0 Å². The summed E-state index contributed by atoms with van der Waals surface area (Å²) in [6, 6.07) is 13.0. The van der Waals surface area contributed by atoms with E-state index in [1.165, 1.54) is 7.11 Å². The molecule has 0 saturated heterocycles. The van der Waals surface area contributed by atoms with E-state index in [2.05, 4.69) is 5.32 Å². The highest BCUT2D eigenvalue weighted by Crippen LogP contribution is 2.31. The number of carbonyl (C=O) groups excluding carboxylic acids is 1. The standard InChI is InChI=1S/C19H24N2O4/c1-23-17-8-7-14(10-18(17)24-2)16(11-19(22)25-3)21-12-13-5-4-6-15(20)9-13/h4-10,16,21H,11-12,20H2,1-3H3. The zero-order chi connectivity index (χ0) is 18.2. The van der Waals surface area contributed by atoms with Gasteiger partial charge in [-0.3, -0.25) is 4.79 Å². The van der Waals surface area contributed by atoms with E-state index in [9.17, 15) is 4.79 Å². The summed E-state index contributed by atoms with van der Waals surface area (Å²) in [6.45, 7) is 0.570. The van der Waals surface area contributed by atoms with Crippen LogP contribution in [0.15, 0.2) is 42.5 Å². The number of hydrogen-bond donors (Lipinski definition) is 2. The molecule has 1 atom stereocenters. The first-order chi connectivity index (χ1) is 12.1. The molecule has 2 rings (SSSR count). The maximum absolute atomic E-state index is 11.8. The molecule has 1 unspecified atom stereocenters. The Labute approximate surface area is 147 Å². The Kier molecular flexibility index (Phi) is 6.65. The second kappa shape index (κ2) is 8.94. The van der Waals surface area contributed by atoms with Crippen molar-refractivity contribution in [1.29, 1.82) is 0 Å². The number of rotatable bonds is 8. The lowest BCUT2D eigenvalue weighted by atomic mass is 10.0. The van der Waals surface area contributed by atoms with Crippen LogP contribution in [0.5, 0.6) is 11.5 Å². The van der Waals surface area contributed by atoms with E-state index < -0.39 is 0 Å². The molecule has 2 aromatic carbocycles. The van der Waals surface area contributed by atoms with Gasteiger partial charge in [-0.2, -0.15) is 0 Å². The minimum Gasteiger partial charge on any atom is -0.493 e. The van der Waals surface area contributed by atoms with Crippen LogP contribution in [0, 0.1) is 0 Å². The Bertz CT molecular complexity index is 718. The van der Waals surface area contributed by atoms with E-state index in [4.69, 9.17) is 19.9 Å². The average molecular weight is 344 g/mol. The predicted octanol–water partition coefficient (Wildman–Crippen LogP) is 2.68. The second-order valence-corrected chi connectivity index (χ2v) is 5.57. The molecule has 0 aliphatic heterocycles. The molecule has 0 radical (unpaired) electrons.